The molecule has 0 unspecified atom stereocenters. The summed E-state index contributed by atoms with van der Waals surface area (Å²) in [6, 6.07) is 0.693. The van der Waals surface area contributed by atoms with Crippen molar-refractivity contribution in [2.24, 2.45) is 5.92 Å². The Balaban J connectivity index is 1.89. The number of hydrogen-bond donors (Lipinski definition) is 1. The quantitative estimate of drug-likeness (QED) is 0.692. The summed E-state index contributed by atoms with van der Waals surface area (Å²) in [5, 5.41) is 3.45. The average molecular weight is 315 g/mol. The van der Waals surface area contributed by atoms with Crippen molar-refractivity contribution in [2.75, 3.05) is 26.2 Å². The summed E-state index contributed by atoms with van der Waals surface area (Å²) in [4.78, 5) is 0. The third kappa shape index (κ3) is 4.52. The molecule has 1 N–H and O–H groups in total. The zero-order valence-corrected chi connectivity index (χ0v) is 14.1. The fourth-order valence-corrected chi connectivity index (χ4v) is 4.67. The largest absolute Gasteiger partial charge is 0.314 e. The zero-order valence-electron chi connectivity index (χ0n) is 13.3. The molecule has 6 heteroatoms. The molecule has 1 saturated heterocycles. The van der Waals surface area contributed by atoms with Crippen molar-refractivity contribution in [3.8, 4) is 0 Å². The van der Waals surface area contributed by atoms with Crippen molar-refractivity contribution in [2.45, 2.75) is 51.6 Å². The van der Waals surface area contributed by atoms with E-state index in [0.717, 1.165) is 32.2 Å². The number of rotatable bonds is 8. The van der Waals surface area contributed by atoms with E-state index in [2.05, 4.69) is 25.7 Å². The lowest BCUT2D eigenvalue weighted by atomic mass is 9.98. The molecule has 2 rings (SSSR count). The molecule has 0 spiro atoms. The summed E-state index contributed by atoms with van der Waals surface area (Å²) in [5.74, 6) is 0.590. The summed E-state index contributed by atoms with van der Waals surface area (Å²) in [5.41, 5.74) is 0. The third-order valence-electron chi connectivity index (χ3n) is 4.27. The topological polar surface area (TPSA) is 52.7 Å². The highest BCUT2D eigenvalue weighted by molar-refractivity contribution is 7.86. The molecule has 5 nitrogen and oxygen atoms in total. The van der Waals surface area contributed by atoms with Crippen LogP contribution in [0.2, 0.25) is 0 Å². The summed E-state index contributed by atoms with van der Waals surface area (Å²) >= 11 is 0. The molecule has 0 aromatic rings. The maximum atomic E-state index is 12.7. The highest BCUT2D eigenvalue weighted by Gasteiger charge is 2.40. The fraction of sp³-hybridized carbons (Fsp3) is 0.867. The van der Waals surface area contributed by atoms with Gasteiger partial charge in [-0.2, -0.15) is 17.0 Å². The lowest BCUT2D eigenvalue weighted by molar-refractivity contribution is 0.247. The summed E-state index contributed by atoms with van der Waals surface area (Å²) < 4.78 is 28.7. The van der Waals surface area contributed by atoms with E-state index in [4.69, 9.17) is 0 Å². The first kappa shape index (κ1) is 16.9. The second kappa shape index (κ2) is 7.22. The average Bonchev–Trinajstić information content (AvgIpc) is 3.27. The van der Waals surface area contributed by atoms with Crippen LogP contribution in [0, 0.1) is 5.92 Å². The Labute approximate surface area is 129 Å². The maximum Gasteiger partial charge on any atom is 0.282 e. The molecule has 1 aliphatic carbocycles. The van der Waals surface area contributed by atoms with Crippen LogP contribution in [0.4, 0.5) is 0 Å². The van der Waals surface area contributed by atoms with Gasteiger partial charge < -0.3 is 5.32 Å². The van der Waals surface area contributed by atoms with Crippen LogP contribution >= 0.6 is 0 Å². The second-order valence-electron chi connectivity index (χ2n) is 6.50. The van der Waals surface area contributed by atoms with Crippen molar-refractivity contribution in [3.05, 3.63) is 12.7 Å². The van der Waals surface area contributed by atoms with Crippen LogP contribution in [0.25, 0.3) is 0 Å². The normalized spacial score (nSPS) is 22.1. The minimum Gasteiger partial charge on any atom is -0.314 e. The monoisotopic (exact) mass is 315 g/mol. The van der Waals surface area contributed by atoms with E-state index in [1.807, 2.05) is 0 Å². The first-order valence-electron chi connectivity index (χ1n) is 8.06. The highest BCUT2D eigenvalue weighted by atomic mass is 32.2. The van der Waals surface area contributed by atoms with Crippen LogP contribution < -0.4 is 5.32 Å². The molecule has 0 radical (unpaired) electrons. The van der Waals surface area contributed by atoms with Gasteiger partial charge >= 0.3 is 0 Å². The van der Waals surface area contributed by atoms with E-state index in [1.54, 1.807) is 14.7 Å². The van der Waals surface area contributed by atoms with Crippen molar-refractivity contribution in [1.82, 2.24) is 13.9 Å². The summed E-state index contributed by atoms with van der Waals surface area (Å²) in [7, 11) is -3.30. The molecule has 122 valence electrons. The van der Waals surface area contributed by atoms with E-state index < -0.39 is 10.2 Å². The first-order valence-corrected chi connectivity index (χ1v) is 9.46. The van der Waals surface area contributed by atoms with Crippen LogP contribution in [0.3, 0.4) is 0 Å². The zero-order chi connectivity index (χ0) is 15.5. The SMILES string of the molecule is C=CCN(C1CC1)S(=O)(=O)N1CCC(CNC(C)C)CC1. The number of nitrogens with zero attached hydrogens (tertiary/aromatic N) is 2. The van der Waals surface area contributed by atoms with Crippen LogP contribution in [0.1, 0.15) is 39.5 Å². The van der Waals surface area contributed by atoms with Crippen LogP contribution in [0.15, 0.2) is 12.7 Å². The molecular weight excluding hydrogens is 286 g/mol. The standard InChI is InChI=1S/C15H29N3O2S/c1-4-9-18(15-5-6-15)21(19,20)17-10-7-14(8-11-17)12-16-13(2)3/h4,13-16H,1,5-12H2,2-3H3. The van der Waals surface area contributed by atoms with E-state index in [0.29, 0.717) is 31.6 Å². The Morgan fingerprint density at radius 3 is 2.38 bits per heavy atom. The smallest absolute Gasteiger partial charge is 0.282 e. The highest BCUT2D eigenvalue weighted by Crippen LogP contribution is 2.31. The van der Waals surface area contributed by atoms with Gasteiger partial charge in [0.1, 0.15) is 0 Å². The van der Waals surface area contributed by atoms with Crippen molar-refractivity contribution >= 4 is 10.2 Å². The van der Waals surface area contributed by atoms with Gasteiger partial charge in [-0.3, -0.25) is 0 Å². The molecule has 1 saturated carbocycles. The minimum absolute atomic E-state index is 0.202. The van der Waals surface area contributed by atoms with Gasteiger partial charge in [0.25, 0.3) is 10.2 Å². The number of nitrogens with one attached hydrogen (secondary N) is 1. The van der Waals surface area contributed by atoms with Gasteiger partial charge in [-0.1, -0.05) is 19.9 Å². The van der Waals surface area contributed by atoms with Gasteiger partial charge in [0.15, 0.2) is 0 Å². The first-order chi connectivity index (χ1) is 9.95. The number of piperidine rings is 1. The molecule has 1 aliphatic heterocycles. The summed E-state index contributed by atoms with van der Waals surface area (Å²) in [6.45, 7) is 10.7. The lowest BCUT2D eigenvalue weighted by Gasteiger charge is -2.35. The van der Waals surface area contributed by atoms with E-state index >= 15 is 0 Å². The Morgan fingerprint density at radius 2 is 1.90 bits per heavy atom. The van der Waals surface area contributed by atoms with Gasteiger partial charge in [0.2, 0.25) is 0 Å². The van der Waals surface area contributed by atoms with Gasteiger partial charge in [-0.05, 0) is 38.1 Å². The van der Waals surface area contributed by atoms with E-state index in [1.165, 1.54) is 0 Å². The molecule has 0 atom stereocenters. The minimum atomic E-state index is -3.30. The van der Waals surface area contributed by atoms with E-state index in [-0.39, 0.29) is 6.04 Å². The predicted molar refractivity (Wildman–Crippen MR) is 86.3 cm³/mol. The Morgan fingerprint density at radius 1 is 1.29 bits per heavy atom. The van der Waals surface area contributed by atoms with Gasteiger partial charge in [-0.25, -0.2) is 0 Å². The molecule has 21 heavy (non-hydrogen) atoms. The summed E-state index contributed by atoms with van der Waals surface area (Å²) in [6.07, 6.45) is 5.57. The van der Waals surface area contributed by atoms with Gasteiger partial charge in [-0.15, -0.1) is 6.58 Å². The van der Waals surface area contributed by atoms with Gasteiger partial charge in [0.05, 0.1) is 0 Å². The molecule has 2 aliphatic rings. The molecule has 2 fully saturated rings. The maximum absolute atomic E-state index is 12.7. The molecule has 0 bridgehead atoms. The van der Waals surface area contributed by atoms with Crippen molar-refractivity contribution < 1.29 is 8.42 Å². The molecule has 1 heterocycles. The molecule has 0 aromatic heterocycles. The lowest BCUT2D eigenvalue weighted by Crippen LogP contribution is -2.49. The predicted octanol–water partition coefficient (Wildman–Crippen LogP) is 1.59. The molecular formula is C15H29N3O2S. The van der Waals surface area contributed by atoms with Crippen LogP contribution in [-0.2, 0) is 10.2 Å². The van der Waals surface area contributed by atoms with Crippen molar-refractivity contribution in [3.63, 3.8) is 0 Å². The Kier molecular flexibility index (Phi) is 5.82. The Hall–Kier alpha value is -0.430. The van der Waals surface area contributed by atoms with Crippen molar-refractivity contribution in [1.29, 1.82) is 0 Å². The fourth-order valence-electron chi connectivity index (χ4n) is 2.82. The van der Waals surface area contributed by atoms with E-state index in [9.17, 15) is 8.42 Å². The van der Waals surface area contributed by atoms with Crippen LogP contribution in [0.5, 0.6) is 0 Å². The van der Waals surface area contributed by atoms with Gasteiger partial charge in [0, 0.05) is 31.7 Å². The Bertz CT molecular complexity index is 438. The molecule has 0 amide bonds. The number of hydrogen-bond acceptors (Lipinski definition) is 3. The molecule has 0 aromatic carbocycles. The third-order valence-corrected chi connectivity index (χ3v) is 6.33. The second-order valence-corrected chi connectivity index (χ2v) is 8.38. The van der Waals surface area contributed by atoms with Crippen LogP contribution in [-0.4, -0.2) is 55.3 Å².